The smallest absolute Gasteiger partial charge is 0.330 e. The topological polar surface area (TPSA) is 113 Å². The number of ether oxygens (including phenoxy) is 2. The van der Waals surface area contributed by atoms with E-state index < -0.39 is 17.5 Å². The maximum Gasteiger partial charge on any atom is 0.330 e. The molecule has 0 aromatic heterocycles. The second-order valence-electron chi connectivity index (χ2n) is 8.73. The summed E-state index contributed by atoms with van der Waals surface area (Å²) in [6.07, 6.45) is 2.85. The first-order valence-corrected chi connectivity index (χ1v) is 13.0. The van der Waals surface area contributed by atoms with Gasteiger partial charge in [-0.15, -0.1) is 0 Å². The van der Waals surface area contributed by atoms with Gasteiger partial charge in [-0.3, -0.25) is 15.1 Å². The Balaban J connectivity index is 1.47. The molecule has 0 fully saturated rings. The Kier molecular flexibility index (Phi) is 9.31. The molecule has 1 aliphatic heterocycles. The molecule has 0 bridgehead atoms. The van der Waals surface area contributed by atoms with Crippen LogP contribution in [0.1, 0.15) is 28.4 Å². The minimum atomic E-state index is -1.46. The van der Waals surface area contributed by atoms with E-state index in [-0.39, 0.29) is 19.1 Å². The number of aliphatic imine (C=N–C) groups is 1. The SMILES string of the molecule is CCOC(=O)/C=C/COc1ccc(C(=O)NC(=NC)N2CC(O)(c3ccccc3)C(c3ccc(Cl)cc3)=N2)cc1. The number of hydrazone groups is 1. The predicted octanol–water partition coefficient (Wildman–Crippen LogP) is 4.16. The Morgan fingerprint density at radius 1 is 1.10 bits per heavy atom. The lowest BCUT2D eigenvalue weighted by Gasteiger charge is -2.26. The lowest BCUT2D eigenvalue weighted by Crippen LogP contribution is -2.45. The zero-order valence-electron chi connectivity index (χ0n) is 22.1. The number of nitrogens with zero attached hydrogens (tertiary/aromatic N) is 3. The zero-order chi connectivity index (χ0) is 28.5. The summed E-state index contributed by atoms with van der Waals surface area (Å²) in [5, 5.41) is 21.4. The molecule has 1 unspecified atom stereocenters. The number of hydrogen-bond acceptors (Lipinski definition) is 7. The summed E-state index contributed by atoms with van der Waals surface area (Å²) in [6.45, 7) is 2.24. The van der Waals surface area contributed by atoms with Gasteiger partial charge in [0.05, 0.1) is 13.2 Å². The Hall–Kier alpha value is -4.47. The number of amides is 1. The molecule has 10 heteroatoms. The minimum Gasteiger partial charge on any atom is -0.490 e. The van der Waals surface area contributed by atoms with Gasteiger partial charge in [-0.25, -0.2) is 9.80 Å². The van der Waals surface area contributed by atoms with Crippen LogP contribution in [-0.2, 0) is 15.1 Å². The monoisotopic (exact) mass is 560 g/mol. The van der Waals surface area contributed by atoms with Crippen LogP contribution in [0.25, 0.3) is 0 Å². The molecule has 0 saturated carbocycles. The van der Waals surface area contributed by atoms with Crippen molar-refractivity contribution >= 4 is 35.1 Å². The van der Waals surface area contributed by atoms with Crippen LogP contribution in [0.2, 0.25) is 5.02 Å². The maximum absolute atomic E-state index is 13.1. The number of carbonyl (C=O) groups excluding carboxylic acids is 2. The lowest BCUT2D eigenvalue weighted by molar-refractivity contribution is -0.137. The van der Waals surface area contributed by atoms with Crippen LogP contribution < -0.4 is 10.1 Å². The van der Waals surface area contributed by atoms with Gasteiger partial charge in [0, 0.05) is 29.3 Å². The fraction of sp³-hybridized carbons (Fsp3) is 0.200. The highest BCUT2D eigenvalue weighted by atomic mass is 35.5. The fourth-order valence-corrected chi connectivity index (χ4v) is 4.22. The number of guanidine groups is 1. The number of aliphatic hydroxyl groups is 1. The number of rotatable bonds is 8. The molecule has 40 heavy (non-hydrogen) atoms. The number of esters is 1. The molecule has 1 aliphatic rings. The van der Waals surface area contributed by atoms with Crippen LogP contribution in [-0.4, -0.2) is 60.5 Å². The Morgan fingerprint density at radius 2 is 1.80 bits per heavy atom. The Labute approximate surface area is 237 Å². The molecule has 1 heterocycles. The number of halogens is 1. The van der Waals surface area contributed by atoms with Crippen LogP contribution in [0, 0.1) is 0 Å². The summed E-state index contributed by atoms with van der Waals surface area (Å²) >= 11 is 6.08. The van der Waals surface area contributed by atoms with Crippen molar-refractivity contribution < 1.29 is 24.2 Å². The lowest BCUT2D eigenvalue weighted by atomic mass is 9.86. The summed E-state index contributed by atoms with van der Waals surface area (Å²) in [5.41, 5.74) is 0.656. The van der Waals surface area contributed by atoms with E-state index in [1.165, 1.54) is 18.1 Å². The maximum atomic E-state index is 13.1. The van der Waals surface area contributed by atoms with Gasteiger partial charge in [0.2, 0.25) is 5.96 Å². The van der Waals surface area contributed by atoms with Crippen molar-refractivity contribution in [1.29, 1.82) is 0 Å². The van der Waals surface area contributed by atoms with Gasteiger partial charge >= 0.3 is 5.97 Å². The van der Waals surface area contributed by atoms with Crippen LogP contribution in [0.4, 0.5) is 0 Å². The molecule has 0 spiro atoms. The first-order valence-electron chi connectivity index (χ1n) is 12.6. The first kappa shape index (κ1) is 28.5. The molecule has 1 amide bonds. The quantitative estimate of drug-likeness (QED) is 0.185. The molecule has 3 aromatic carbocycles. The third kappa shape index (κ3) is 6.74. The molecule has 2 N–H and O–H groups in total. The van der Waals surface area contributed by atoms with Crippen molar-refractivity contribution in [2.24, 2.45) is 10.1 Å². The van der Waals surface area contributed by atoms with E-state index in [9.17, 15) is 14.7 Å². The van der Waals surface area contributed by atoms with E-state index in [0.717, 1.165) is 0 Å². The molecule has 0 aliphatic carbocycles. The summed E-state index contributed by atoms with van der Waals surface area (Å²) in [4.78, 5) is 28.6. The van der Waals surface area contributed by atoms with E-state index in [2.05, 4.69) is 15.4 Å². The summed E-state index contributed by atoms with van der Waals surface area (Å²) < 4.78 is 10.4. The molecular formula is C30H29ClN4O5. The van der Waals surface area contributed by atoms with E-state index in [0.29, 0.717) is 39.8 Å². The molecule has 9 nitrogen and oxygen atoms in total. The van der Waals surface area contributed by atoms with Crippen LogP contribution >= 0.6 is 11.6 Å². The van der Waals surface area contributed by atoms with Gasteiger partial charge in [-0.2, -0.15) is 5.10 Å². The van der Waals surface area contributed by atoms with Crippen molar-refractivity contribution in [3.8, 4) is 5.75 Å². The zero-order valence-corrected chi connectivity index (χ0v) is 22.8. The predicted molar refractivity (Wildman–Crippen MR) is 154 cm³/mol. The highest BCUT2D eigenvalue weighted by Crippen LogP contribution is 2.33. The molecule has 1 atom stereocenters. The molecular weight excluding hydrogens is 532 g/mol. The average molecular weight is 561 g/mol. The van der Waals surface area contributed by atoms with Crippen LogP contribution in [0.15, 0.2) is 101 Å². The molecule has 3 aromatic rings. The van der Waals surface area contributed by atoms with Crippen molar-refractivity contribution in [3.63, 3.8) is 0 Å². The average Bonchev–Trinajstić information content (AvgIpc) is 3.33. The summed E-state index contributed by atoms with van der Waals surface area (Å²) in [6, 6.07) is 22.8. The van der Waals surface area contributed by atoms with E-state index >= 15 is 0 Å². The Bertz CT molecular complexity index is 1420. The number of benzene rings is 3. The van der Waals surface area contributed by atoms with Crippen LogP contribution in [0.5, 0.6) is 5.75 Å². The van der Waals surface area contributed by atoms with Gasteiger partial charge in [-0.05, 0) is 55.0 Å². The molecule has 0 radical (unpaired) electrons. The standard InChI is InChI=1S/C30H29ClN4O5/c1-3-39-26(36)10-7-19-40-25-17-13-22(14-18-25)28(37)33-29(32-2)35-20-30(38,23-8-5-4-6-9-23)27(34-35)21-11-15-24(31)16-12-21/h4-18,38H,3,19-20H2,1-2H3,(H,32,33,37)/b10-7+. The number of hydrogen-bond donors (Lipinski definition) is 2. The third-order valence-electron chi connectivity index (χ3n) is 6.04. The van der Waals surface area contributed by atoms with E-state index in [4.69, 9.17) is 21.1 Å². The van der Waals surface area contributed by atoms with Crippen molar-refractivity contribution in [3.05, 3.63) is 113 Å². The van der Waals surface area contributed by atoms with Gasteiger partial charge < -0.3 is 14.6 Å². The highest BCUT2D eigenvalue weighted by molar-refractivity contribution is 6.30. The molecule has 0 saturated heterocycles. The van der Waals surface area contributed by atoms with Gasteiger partial charge in [0.15, 0.2) is 5.60 Å². The third-order valence-corrected chi connectivity index (χ3v) is 6.30. The largest absolute Gasteiger partial charge is 0.490 e. The van der Waals surface area contributed by atoms with Gasteiger partial charge in [0.1, 0.15) is 18.1 Å². The van der Waals surface area contributed by atoms with Crippen LogP contribution in [0.3, 0.4) is 0 Å². The first-order chi connectivity index (χ1) is 19.3. The second kappa shape index (κ2) is 13.1. The fourth-order valence-electron chi connectivity index (χ4n) is 4.09. The van der Waals surface area contributed by atoms with Gasteiger partial charge in [0.25, 0.3) is 5.91 Å². The number of β-amino-alcohol motifs (C(OH)–C–C–N with tert-alkyl or cyclic N) is 1. The molecule has 206 valence electrons. The van der Waals surface area contributed by atoms with Gasteiger partial charge in [-0.1, -0.05) is 54.1 Å². The van der Waals surface area contributed by atoms with E-state index in [1.807, 2.05) is 30.3 Å². The molecule has 4 rings (SSSR count). The Morgan fingerprint density at radius 3 is 2.45 bits per heavy atom. The van der Waals surface area contributed by atoms with Crippen molar-refractivity contribution in [2.45, 2.75) is 12.5 Å². The summed E-state index contributed by atoms with van der Waals surface area (Å²) in [5.74, 6) is -0.143. The van der Waals surface area contributed by atoms with Crippen molar-refractivity contribution in [1.82, 2.24) is 10.3 Å². The second-order valence-corrected chi connectivity index (χ2v) is 9.17. The normalized spacial score (nSPS) is 17.1. The number of carbonyl (C=O) groups is 2. The minimum absolute atomic E-state index is 0.0357. The van der Waals surface area contributed by atoms with Crippen molar-refractivity contribution in [2.75, 3.05) is 26.8 Å². The number of nitrogens with one attached hydrogen (secondary N) is 1. The van der Waals surface area contributed by atoms with E-state index in [1.54, 1.807) is 61.5 Å². The summed E-state index contributed by atoms with van der Waals surface area (Å²) in [7, 11) is 1.54. The highest BCUT2D eigenvalue weighted by Gasteiger charge is 2.44.